The molecule has 126 valence electrons. The maximum Gasteiger partial charge on any atom is 0.274 e. The minimum absolute atomic E-state index is 0.0761. The van der Waals surface area contributed by atoms with Crippen LogP contribution in [0.15, 0.2) is 38.0 Å². The average molecular weight is 480 g/mol. The summed E-state index contributed by atoms with van der Waals surface area (Å²) >= 11 is 7.99. The fraction of sp³-hybridized carbons (Fsp3) is 0.111. The van der Waals surface area contributed by atoms with Crippen molar-refractivity contribution in [2.45, 2.75) is 13.8 Å². The molecule has 0 fully saturated rings. The largest absolute Gasteiger partial charge is 0.506 e. The number of hydrogen-bond acceptors (Lipinski definition) is 4. The van der Waals surface area contributed by atoms with Gasteiger partial charge in [-0.25, -0.2) is 9.38 Å². The summed E-state index contributed by atoms with van der Waals surface area (Å²) < 4.78 is 3.42. The Bertz CT molecular complexity index is 1250. The quantitative estimate of drug-likeness (QED) is 0.442. The highest BCUT2D eigenvalue weighted by Crippen LogP contribution is 2.33. The Morgan fingerprint density at radius 1 is 1.16 bits per heavy atom. The van der Waals surface area contributed by atoms with Crippen LogP contribution in [-0.2, 0) is 0 Å². The molecule has 2 heterocycles. The van der Waals surface area contributed by atoms with Gasteiger partial charge in [-0.15, -0.1) is 0 Å². The SMILES string of the molecule is Cc1cc(C)c2nc3sc(=Cc4cc(Br)c(O)c(Br)c4)c(=O)n3c2c1. The molecule has 0 amide bonds. The zero-order chi connectivity index (χ0) is 17.9. The lowest BCUT2D eigenvalue weighted by Crippen LogP contribution is -2.22. The molecular formula is C18H12Br2N2O2S. The van der Waals surface area contributed by atoms with E-state index in [1.165, 1.54) is 11.3 Å². The molecule has 0 atom stereocenters. The molecule has 4 aromatic rings. The number of rotatable bonds is 1. The molecule has 0 aliphatic rings. The van der Waals surface area contributed by atoms with Crippen LogP contribution >= 0.6 is 43.2 Å². The van der Waals surface area contributed by atoms with Crippen LogP contribution in [0.25, 0.3) is 22.1 Å². The number of aromatic hydroxyl groups is 1. The van der Waals surface area contributed by atoms with E-state index < -0.39 is 0 Å². The highest BCUT2D eigenvalue weighted by atomic mass is 79.9. The van der Waals surface area contributed by atoms with Crippen LogP contribution in [0.2, 0.25) is 0 Å². The van der Waals surface area contributed by atoms with E-state index in [4.69, 9.17) is 0 Å². The minimum atomic E-state index is -0.0761. The Kier molecular flexibility index (Phi) is 3.97. The Balaban J connectivity index is 2.01. The van der Waals surface area contributed by atoms with Crippen molar-refractivity contribution < 1.29 is 5.11 Å². The summed E-state index contributed by atoms with van der Waals surface area (Å²) in [4.78, 5) is 18.2. The fourth-order valence-corrected chi connectivity index (χ4v) is 5.13. The molecule has 0 radical (unpaired) electrons. The average Bonchev–Trinajstić information content (AvgIpc) is 3.03. The summed E-state index contributed by atoms with van der Waals surface area (Å²) in [7, 11) is 0. The van der Waals surface area contributed by atoms with Gasteiger partial charge in [0.05, 0.1) is 24.5 Å². The van der Waals surface area contributed by atoms with Gasteiger partial charge < -0.3 is 5.11 Å². The van der Waals surface area contributed by atoms with Gasteiger partial charge in [-0.3, -0.25) is 4.79 Å². The third kappa shape index (κ3) is 2.70. The number of phenolic OH excluding ortho intramolecular Hbond substituents is 1. The van der Waals surface area contributed by atoms with Gasteiger partial charge in [0.2, 0.25) is 0 Å². The lowest BCUT2D eigenvalue weighted by molar-refractivity contribution is 0.468. The zero-order valence-corrected chi connectivity index (χ0v) is 17.3. The lowest BCUT2D eigenvalue weighted by atomic mass is 10.1. The minimum Gasteiger partial charge on any atom is -0.506 e. The van der Waals surface area contributed by atoms with Crippen LogP contribution in [0, 0.1) is 13.8 Å². The molecular weight excluding hydrogens is 468 g/mol. The second-order valence-electron chi connectivity index (χ2n) is 5.93. The number of aryl methyl sites for hydroxylation is 2. The smallest absolute Gasteiger partial charge is 0.274 e. The maximum atomic E-state index is 12.9. The lowest BCUT2D eigenvalue weighted by Gasteiger charge is -2.01. The second-order valence-corrected chi connectivity index (χ2v) is 8.65. The van der Waals surface area contributed by atoms with E-state index in [1.54, 1.807) is 16.5 Å². The van der Waals surface area contributed by atoms with E-state index in [-0.39, 0.29) is 11.3 Å². The molecule has 0 aliphatic heterocycles. The third-order valence-corrected chi connectivity index (χ3v) is 6.19. The molecule has 4 nitrogen and oxygen atoms in total. The first-order valence-electron chi connectivity index (χ1n) is 7.47. The van der Waals surface area contributed by atoms with Crippen LogP contribution in [0.3, 0.4) is 0 Å². The number of halogens is 2. The van der Waals surface area contributed by atoms with Gasteiger partial charge >= 0.3 is 0 Å². The van der Waals surface area contributed by atoms with Crippen molar-refractivity contribution in [3.05, 3.63) is 64.8 Å². The molecule has 4 rings (SSSR count). The van der Waals surface area contributed by atoms with Crippen molar-refractivity contribution in [1.82, 2.24) is 9.38 Å². The van der Waals surface area contributed by atoms with E-state index >= 15 is 0 Å². The number of imidazole rings is 1. The maximum absolute atomic E-state index is 12.9. The molecule has 0 bridgehead atoms. The first kappa shape index (κ1) is 16.8. The van der Waals surface area contributed by atoms with Gasteiger partial charge in [0.25, 0.3) is 5.56 Å². The van der Waals surface area contributed by atoms with Gasteiger partial charge in [0, 0.05) is 0 Å². The Morgan fingerprint density at radius 2 is 1.84 bits per heavy atom. The first-order chi connectivity index (χ1) is 11.8. The van der Waals surface area contributed by atoms with E-state index in [0.717, 1.165) is 27.7 Å². The molecule has 0 spiro atoms. The van der Waals surface area contributed by atoms with E-state index in [1.807, 2.05) is 26.0 Å². The summed E-state index contributed by atoms with van der Waals surface area (Å²) in [6.45, 7) is 4.02. The Morgan fingerprint density at radius 3 is 2.52 bits per heavy atom. The van der Waals surface area contributed by atoms with Crippen LogP contribution in [0.1, 0.15) is 16.7 Å². The van der Waals surface area contributed by atoms with E-state index in [9.17, 15) is 9.90 Å². The monoisotopic (exact) mass is 478 g/mol. The van der Waals surface area contributed by atoms with Gasteiger partial charge in [0.15, 0.2) is 4.96 Å². The highest BCUT2D eigenvalue weighted by Gasteiger charge is 2.13. The van der Waals surface area contributed by atoms with Crippen LogP contribution in [0.4, 0.5) is 0 Å². The topological polar surface area (TPSA) is 54.6 Å². The molecule has 7 heteroatoms. The van der Waals surface area contributed by atoms with Crippen molar-refractivity contribution >= 4 is 65.3 Å². The predicted molar refractivity (Wildman–Crippen MR) is 109 cm³/mol. The molecule has 0 unspecified atom stereocenters. The molecule has 2 aromatic carbocycles. The van der Waals surface area contributed by atoms with Crippen molar-refractivity contribution in [2.75, 3.05) is 0 Å². The van der Waals surface area contributed by atoms with Gasteiger partial charge in [0.1, 0.15) is 5.75 Å². The van der Waals surface area contributed by atoms with E-state index in [0.29, 0.717) is 18.4 Å². The summed E-state index contributed by atoms with van der Waals surface area (Å²) in [5.41, 5.74) is 4.64. The summed E-state index contributed by atoms with van der Waals surface area (Å²) in [5, 5.41) is 9.82. The summed E-state index contributed by atoms with van der Waals surface area (Å²) in [6, 6.07) is 7.61. The normalized spacial score (nSPS) is 12.6. The Hall–Kier alpha value is -1.70. The molecule has 2 aromatic heterocycles. The Labute approximate surface area is 163 Å². The molecule has 25 heavy (non-hydrogen) atoms. The standard InChI is InChI=1S/C18H12Br2N2O2S/c1-8-3-9(2)15-13(4-8)22-17(24)14(25-18(22)21-15)7-10-5-11(19)16(23)12(20)6-10/h3-7,23H,1-2H3. The zero-order valence-electron chi connectivity index (χ0n) is 13.3. The van der Waals surface area contributed by atoms with Crippen LogP contribution in [0.5, 0.6) is 5.75 Å². The molecule has 0 saturated carbocycles. The number of thiazole rings is 1. The number of hydrogen-bond donors (Lipinski definition) is 1. The highest BCUT2D eigenvalue weighted by molar-refractivity contribution is 9.11. The number of aromatic nitrogens is 2. The van der Waals surface area contributed by atoms with Gasteiger partial charge in [-0.05, 0) is 86.7 Å². The first-order valence-corrected chi connectivity index (χ1v) is 9.87. The van der Waals surface area contributed by atoms with Crippen molar-refractivity contribution in [3.8, 4) is 5.75 Å². The van der Waals surface area contributed by atoms with E-state index in [2.05, 4.69) is 42.9 Å². The molecule has 0 aliphatic carbocycles. The fourth-order valence-electron chi connectivity index (χ4n) is 2.93. The van der Waals surface area contributed by atoms with Crippen molar-refractivity contribution in [2.24, 2.45) is 0 Å². The number of nitrogens with zero attached hydrogens (tertiary/aromatic N) is 2. The van der Waals surface area contributed by atoms with Crippen molar-refractivity contribution in [3.63, 3.8) is 0 Å². The van der Waals surface area contributed by atoms with Crippen molar-refractivity contribution in [1.29, 1.82) is 0 Å². The second kappa shape index (κ2) is 5.93. The summed E-state index contributed by atoms with van der Waals surface area (Å²) in [5.74, 6) is 0.137. The number of fused-ring (bicyclic) bond motifs is 3. The number of benzene rings is 2. The van der Waals surface area contributed by atoms with Gasteiger partial charge in [-0.2, -0.15) is 0 Å². The molecule has 0 saturated heterocycles. The van der Waals surface area contributed by atoms with Gasteiger partial charge in [-0.1, -0.05) is 17.4 Å². The predicted octanol–water partition coefficient (Wildman–Crippen LogP) is 4.30. The molecule has 1 N–H and O–H groups in total. The van der Waals surface area contributed by atoms with Crippen LogP contribution in [-0.4, -0.2) is 14.5 Å². The van der Waals surface area contributed by atoms with Crippen LogP contribution < -0.4 is 10.1 Å². The third-order valence-electron chi connectivity index (χ3n) is 4.02. The summed E-state index contributed by atoms with van der Waals surface area (Å²) in [6.07, 6.45) is 1.81. The number of phenols is 1.